The Morgan fingerprint density at radius 3 is 2.89 bits per heavy atom. The molecule has 1 aliphatic carbocycles. The van der Waals surface area contributed by atoms with Crippen LogP contribution in [0.3, 0.4) is 0 Å². The zero-order chi connectivity index (χ0) is 13.2. The molecule has 1 aliphatic heterocycles. The fourth-order valence-electron chi connectivity index (χ4n) is 3.82. The van der Waals surface area contributed by atoms with Gasteiger partial charge in [0.05, 0.1) is 6.10 Å². The van der Waals surface area contributed by atoms with E-state index in [1.807, 2.05) is 6.92 Å². The van der Waals surface area contributed by atoms with E-state index in [2.05, 4.69) is 29.2 Å². The van der Waals surface area contributed by atoms with Crippen LogP contribution < -0.4 is 0 Å². The van der Waals surface area contributed by atoms with Crippen LogP contribution in [0.25, 0.3) is 0 Å². The van der Waals surface area contributed by atoms with Crippen LogP contribution in [0, 0.1) is 5.92 Å². The number of aliphatic hydroxyl groups is 1. The number of hydrogen-bond donors (Lipinski definition) is 1. The van der Waals surface area contributed by atoms with E-state index in [0.717, 1.165) is 6.54 Å². The number of likely N-dealkylation sites (tertiary alicyclic amines) is 1. The second-order valence-corrected chi connectivity index (χ2v) is 6.24. The molecule has 0 bridgehead atoms. The topological polar surface area (TPSA) is 23.5 Å². The van der Waals surface area contributed by atoms with Gasteiger partial charge in [0, 0.05) is 12.6 Å². The Labute approximate surface area is 116 Å². The van der Waals surface area contributed by atoms with Crippen molar-refractivity contribution in [2.24, 2.45) is 5.92 Å². The van der Waals surface area contributed by atoms with Gasteiger partial charge in [0.1, 0.15) is 0 Å². The van der Waals surface area contributed by atoms with Crippen molar-refractivity contribution in [1.82, 2.24) is 4.90 Å². The average molecular weight is 259 g/mol. The van der Waals surface area contributed by atoms with Crippen molar-refractivity contribution >= 4 is 0 Å². The summed E-state index contributed by atoms with van der Waals surface area (Å²) in [4.78, 5) is 2.62. The van der Waals surface area contributed by atoms with Crippen LogP contribution in [0.1, 0.15) is 49.8 Å². The van der Waals surface area contributed by atoms with Crippen molar-refractivity contribution in [3.05, 3.63) is 35.4 Å². The van der Waals surface area contributed by atoms with E-state index in [0.29, 0.717) is 12.0 Å². The predicted octanol–water partition coefficient (Wildman–Crippen LogP) is 3.16. The van der Waals surface area contributed by atoms with Crippen LogP contribution in [0.2, 0.25) is 0 Å². The first kappa shape index (κ1) is 13.1. The Balaban J connectivity index is 1.79. The molecule has 1 N–H and O–H groups in total. The Hall–Kier alpha value is -0.860. The summed E-state index contributed by atoms with van der Waals surface area (Å²) in [6.07, 6.45) is 6.07. The molecule has 3 unspecified atom stereocenters. The molecule has 1 aromatic carbocycles. The van der Waals surface area contributed by atoms with E-state index in [-0.39, 0.29) is 6.10 Å². The van der Waals surface area contributed by atoms with Gasteiger partial charge < -0.3 is 5.11 Å². The molecule has 19 heavy (non-hydrogen) atoms. The molecule has 0 saturated carbocycles. The monoisotopic (exact) mass is 259 g/mol. The van der Waals surface area contributed by atoms with Crippen molar-refractivity contribution in [1.29, 1.82) is 0 Å². The largest absolute Gasteiger partial charge is 0.393 e. The lowest BCUT2D eigenvalue weighted by molar-refractivity contribution is 0.0396. The summed E-state index contributed by atoms with van der Waals surface area (Å²) in [5.74, 6) is 0.461. The number of hydrogen-bond acceptors (Lipinski definition) is 2. The van der Waals surface area contributed by atoms with E-state index < -0.39 is 0 Å². The first-order chi connectivity index (χ1) is 9.25. The molecule has 1 heterocycles. The van der Waals surface area contributed by atoms with E-state index in [1.54, 1.807) is 5.56 Å². The molecule has 104 valence electrons. The molecule has 1 fully saturated rings. The normalized spacial score (nSPS) is 29.8. The van der Waals surface area contributed by atoms with Crippen molar-refractivity contribution in [2.45, 2.75) is 51.2 Å². The maximum Gasteiger partial charge on any atom is 0.0552 e. The fraction of sp³-hybridized carbons (Fsp3) is 0.647. The summed E-state index contributed by atoms with van der Waals surface area (Å²) in [5, 5.41) is 9.86. The third-order valence-electron chi connectivity index (χ3n) is 4.95. The van der Waals surface area contributed by atoms with Crippen LogP contribution in [0.15, 0.2) is 24.3 Å². The molecule has 1 saturated heterocycles. The third-order valence-corrected chi connectivity index (χ3v) is 4.95. The van der Waals surface area contributed by atoms with E-state index in [4.69, 9.17) is 0 Å². The summed E-state index contributed by atoms with van der Waals surface area (Å²) in [7, 11) is 0. The van der Waals surface area contributed by atoms with Gasteiger partial charge in [-0.1, -0.05) is 24.3 Å². The second-order valence-electron chi connectivity index (χ2n) is 6.24. The average Bonchev–Trinajstić information content (AvgIpc) is 2.47. The zero-order valence-electron chi connectivity index (χ0n) is 11.9. The Bertz CT molecular complexity index is 429. The maximum atomic E-state index is 9.86. The molecular formula is C17H25NO. The van der Waals surface area contributed by atoms with Gasteiger partial charge in [0.2, 0.25) is 0 Å². The van der Waals surface area contributed by atoms with Gasteiger partial charge >= 0.3 is 0 Å². The molecule has 2 heteroatoms. The first-order valence-corrected chi connectivity index (χ1v) is 7.75. The highest BCUT2D eigenvalue weighted by Crippen LogP contribution is 2.36. The molecule has 3 atom stereocenters. The molecule has 0 amide bonds. The lowest BCUT2D eigenvalue weighted by Crippen LogP contribution is -2.42. The van der Waals surface area contributed by atoms with Gasteiger partial charge in [0.15, 0.2) is 0 Å². The minimum absolute atomic E-state index is 0.165. The van der Waals surface area contributed by atoms with E-state index in [1.165, 1.54) is 44.2 Å². The summed E-state index contributed by atoms with van der Waals surface area (Å²) in [6.45, 7) is 4.21. The quantitative estimate of drug-likeness (QED) is 0.882. The van der Waals surface area contributed by atoms with Gasteiger partial charge in [-0.2, -0.15) is 0 Å². The number of benzene rings is 1. The van der Waals surface area contributed by atoms with Gasteiger partial charge in [-0.3, -0.25) is 4.90 Å². The number of rotatable bonds is 2. The molecule has 3 rings (SSSR count). The number of aryl methyl sites for hydroxylation is 1. The molecular weight excluding hydrogens is 234 g/mol. The third kappa shape index (κ3) is 2.70. The number of piperidine rings is 1. The van der Waals surface area contributed by atoms with E-state index in [9.17, 15) is 5.11 Å². The molecule has 0 aromatic heterocycles. The van der Waals surface area contributed by atoms with Crippen LogP contribution in [-0.2, 0) is 6.42 Å². The SMILES string of the molecule is CC(O)C1CCCN(C2CCCc3ccccc32)C1. The van der Waals surface area contributed by atoms with Gasteiger partial charge in [-0.05, 0) is 62.6 Å². The lowest BCUT2D eigenvalue weighted by Gasteiger charge is -2.41. The summed E-state index contributed by atoms with van der Waals surface area (Å²) in [6, 6.07) is 9.53. The second kappa shape index (κ2) is 5.64. The van der Waals surface area contributed by atoms with Crippen molar-refractivity contribution in [3.8, 4) is 0 Å². The van der Waals surface area contributed by atoms with Crippen molar-refractivity contribution in [3.63, 3.8) is 0 Å². The highest BCUT2D eigenvalue weighted by Gasteiger charge is 2.31. The maximum absolute atomic E-state index is 9.86. The zero-order valence-corrected chi connectivity index (χ0v) is 11.9. The van der Waals surface area contributed by atoms with Crippen LogP contribution in [0.4, 0.5) is 0 Å². The Morgan fingerprint density at radius 1 is 1.21 bits per heavy atom. The minimum atomic E-state index is -0.165. The summed E-state index contributed by atoms with van der Waals surface area (Å²) >= 11 is 0. The van der Waals surface area contributed by atoms with Gasteiger partial charge in [-0.25, -0.2) is 0 Å². The van der Waals surface area contributed by atoms with Gasteiger partial charge in [-0.15, -0.1) is 0 Å². The minimum Gasteiger partial charge on any atom is -0.393 e. The molecule has 0 radical (unpaired) electrons. The number of nitrogens with zero attached hydrogens (tertiary/aromatic N) is 1. The molecule has 2 nitrogen and oxygen atoms in total. The van der Waals surface area contributed by atoms with Crippen molar-refractivity contribution < 1.29 is 5.11 Å². The van der Waals surface area contributed by atoms with Crippen LogP contribution in [0.5, 0.6) is 0 Å². The highest BCUT2D eigenvalue weighted by molar-refractivity contribution is 5.32. The number of fused-ring (bicyclic) bond motifs is 1. The van der Waals surface area contributed by atoms with Crippen LogP contribution in [-0.4, -0.2) is 29.2 Å². The lowest BCUT2D eigenvalue weighted by atomic mass is 9.84. The highest BCUT2D eigenvalue weighted by atomic mass is 16.3. The Kier molecular flexibility index (Phi) is 3.90. The number of aliphatic hydroxyl groups excluding tert-OH is 1. The van der Waals surface area contributed by atoms with Crippen LogP contribution >= 0.6 is 0 Å². The smallest absolute Gasteiger partial charge is 0.0552 e. The van der Waals surface area contributed by atoms with Gasteiger partial charge in [0.25, 0.3) is 0 Å². The Morgan fingerprint density at radius 2 is 2.05 bits per heavy atom. The van der Waals surface area contributed by atoms with E-state index >= 15 is 0 Å². The predicted molar refractivity (Wildman–Crippen MR) is 78.1 cm³/mol. The molecule has 2 aliphatic rings. The molecule has 1 aromatic rings. The summed E-state index contributed by atoms with van der Waals surface area (Å²) < 4.78 is 0. The molecule has 0 spiro atoms. The fourth-order valence-corrected chi connectivity index (χ4v) is 3.82. The van der Waals surface area contributed by atoms with Crippen molar-refractivity contribution in [2.75, 3.05) is 13.1 Å². The summed E-state index contributed by atoms with van der Waals surface area (Å²) in [5.41, 5.74) is 3.08. The first-order valence-electron chi connectivity index (χ1n) is 7.75. The standard InChI is InChI=1S/C17H25NO/c1-13(19)15-8-5-11-18(12-15)17-10-4-7-14-6-2-3-9-16(14)17/h2-3,6,9,13,15,17,19H,4-5,7-8,10-12H2,1H3.